The predicted octanol–water partition coefficient (Wildman–Crippen LogP) is 1.84. The van der Waals surface area contributed by atoms with Gasteiger partial charge in [-0.3, -0.25) is 9.59 Å². The van der Waals surface area contributed by atoms with Crippen LogP contribution in [0.5, 0.6) is 5.75 Å². The fourth-order valence-electron chi connectivity index (χ4n) is 3.27. The van der Waals surface area contributed by atoms with Crippen LogP contribution in [0.2, 0.25) is 0 Å². The van der Waals surface area contributed by atoms with E-state index in [1.807, 2.05) is 29.2 Å². The van der Waals surface area contributed by atoms with Gasteiger partial charge in [0.25, 0.3) is 11.8 Å². The average molecular weight is 353 g/mol. The molecule has 0 aromatic heterocycles. The van der Waals surface area contributed by atoms with Gasteiger partial charge in [0.1, 0.15) is 5.75 Å². The maximum atomic E-state index is 13.2. The minimum Gasteiger partial charge on any atom is -0.496 e. The molecule has 2 aromatic carbocycles. The van der Waals surface area contributed by atoms with Gasteiger partial charge in [-0.2, -0.15) is 0 Å². The molecular weight excluding hydrogens is 330 g/mol. The van der Waals surface area contributed by atoms with Crippen molar-refractivity contribution in [2.45, 2.75) is 6.04 Å². The number of piperazine rings is 1. The first-order valence-corrected chi connectivity index (χ1v) is 8.62. The van der Waals surface area contributed by atoms with Crippen LogP contribution in [0, 0.1) is 0 Å². The fraction of sp³-hybridized carbons (Fsp3) is 0.300. The van der Waals surface area contributed by atoms with E-state index in [-0.39, 0.29) is 17.9 Å². The molecule has 1 aliphatic rings. The number of amides is 2. The fourth-order valence-corrected chi connectivity index (χ4v) is 3.27. The number of carbonyl (C=O) groups excluding carboxylic acids is 2. The van der Waals surface area contributed by atoms with Gasteiger partial charge < -0.3 is 20.3 Å². The van der Waals surface area contributed by atoms with Crippen LogP contribution in [0.3, 0.4) is 0 Å². The molecule has 0 radical (unpaired) electrons. The van der Waals surface area contributed by atoms with E-state index in [4.69, 9.17) is 4.74 Å². The molecule has 1 fully saturated rings. The van der Waals surface area contributed by atoms with E-state index < -0.39 is 0 Å². The first kappa shape index (κ1) is 17.9. The van der Waals surface area contributed by atoms with Crippen molar-refractivity contribution in [1.29, 1.82) is 0 Å². The van der Waals surface area contributed by atoms with Crippen LogP contribution in [0.25, 0.3) is 0 Å². The van der Waals surface area contributed by atoms with Crippen LogP contribution in [-0.2, 0) is 0 Å². The summed E-state index contributed by atoms with van der Waals surface area (Å²) in [4.78, 5) is 26.9. The molecule has 1 atom stereocenters. The number of nitrogens with zero attached hydrogens (tertiary/aromatic N) is 1. The lowest BCUT2D eigenvalue weighted by atomic mass is 10.0. The minimum absolute atomic E-state index is 0.0897. The number of ether oxygens (including phenoxy) is 1. The van der Waals surface area contributed by atoms with E-state index >= 15 is 0 Å². The molecule has 1 aliphatic heterocycles. The lowest BCUT2D eigenvalue weighted by Gasteiger charge is -2.37. The van der Waals surface area contributed by atoms with Crippen LogP contribution < -0.4 is 15.4 Å². The van der Waals surface area contributed by atoms with Crippen molar-refractivity contribution in [2.24, 2.45) is 0 Å². The van der Waals surface area contributed by atoms with Gasteiger partial charge in [0.05, 0.1) is 13.2 Å². The Morgan fingerprint density at radius 2 is 1.92 bits per heavy atom. The highest BCUT2D eigenvalue weighted by molar-refractivity contribution is 5.99. The quantitative estimate of drug-likeness (QED) is 0.880. The molecule has 2 amide bonds. The Morgan fingerprint density at radius 1 is 1.15 bits per heavy atom. The molecule has 2 aromatic rings. The predicted molar refractivity (Wildman–Crippen MR) is 99.5 cm³/mol. The highest BCUT2D eigenvalue weighted by Crippen LogP contribution is 2.31. The molecule has 3 rings (SSSR count). The van der Waals surface area contributed by atoms with Crippen molar-refractivity contribution in [1.82, 2.24) is 15.5 Å². The monoisotopic (exact) mass is 353 g/mol. The molecule has 136 valence electrons. The molecule has 0 spiro atoms. The first-order chi connectivity index (χ1) is 12.7. The van der Waals surface area contributed by atoms with Crippen molar-refractivity contribution in [3.05, 3.63) is 65.2 Å². The van der Waals surface area contributed by atoms with Gasteiger partial charge in [-0.15, -0.1) is 0 Å². The smallest absolute Gasteiger partial charge is 0.254 e. The lowest BCUT2D eigenvalue weighted by molar-refractivity contribution is 0.0631. The maximum Gasteiger partial charge on any atom is 0.254 e. The molecule has 1 unspecified atom stereocenters. The number of carbonyl (C=O) groups is 2. The van der Waals surface area contributed by atoms with Crippen molar-refractivity contribution in [3.63, 3.8) is 0 Å². The molecule has 1 saturated heterocycles. The van der Waals surface area contributed by atoms with Gasteiger partial charge in [-0.05, 0) is 24.3 Å². The number of rotatable bonds is 4. The van der Waals surface area contributed by atoms with E-state index in [9.17, 15) is 9.59 Å². The van der Waals surface area contributed by atoms with Crippen LogP contribution >= 0.6 is 0 Å². The second-order valence-corrected chi connectivity index (χ2v) is 6.12. The van der Waals surface area contributed by atoms with E-state index in [0.29, 0.717) is 24.2 Å². The molecule has 26 heavy (non-hydrogen) atoms. The third-order valence-electron chi connectivity index (χ3n) is 4.60. The third-order valence-corrected chi connectivity index (χ3v) is 4.60. The number of para-hydroxylation sites is 1. The Hall–Kier alpha value is -2.86. The summed E-state index contributed by atoms with van der Waals surface area (Å²) < 4.78 is 5.48. The Balaban J connectivity index is 1.93. The van der Waals surface area contributed by atoms with Crippen molar-refractivity contribution in [2.75, 3.05) is 33.8 Å². The molecule has 6 nitrogen and oxygen atoms in total. The molecule has 0 aliphatic carbocycles. The Kier molecular flexibility index (Phi) is 5.53. The normalized spacial score (nSPS) is 16.8. The highest BCUT2D eigenvalue weighted by Gasteiger charge is 2.30. The lowest BCUT2D eigenvalue weighted by Crippen LogP contribution is -2.48. The van der Waals surface area contributed by atoms with Crippen LogP contribution in [0.15, 0.2) is 48.5 Å². The van der Waals surface area contributed by atoms with E-state index in [0.717, 1.165) is 17.9 Å². The minimum atomic E-state index is -0.207. The summed E-state index contributed by atoms with van der Waals surface area (Å²) in [6.07, 6.45) is 0. The van der Waals surface area contributed by atoms with Gasteiger partial charge in [-0.25, -0.2) is 0 Å². The van der Waals surface area contributed by atoms with Crippen LogP contribution in [0.4, 0.5) is 0 Å². The summed E-state index contributed by atoms with van der Waals surface area (Å²) >= 11 is 0. The second-order valence-electron chi connectivity index (χ2n) is 6.12. The zero-order valence-electron chi connectivity index (χ0n) is 15.0. The van der Waals surface area contributed by atoms with Crippen LogP contribution in [-0.4, -0.2) is 50.5 Å². The van der Waals surface area contributed by atoms with E-state index in [2.05, 4.69) is 10.6 Å². The summed E-state index contributed by atoms with van der Waals surface area (Å²) in [5.74, 6) is 0.465. The molecule has 2 N–H and O–H groups in total. The SMILES string of the molecule is CNC(=O)c1cccc(C(=O)N2CCNCC2c2ccccc2OC)c1. The van der Waals surface area contributed by atoms with Crippen LogP contribution in [0.1, 0.15) is 32.3 Å². The highest BCUT2D eigenvalue weighted by atomic mass is 16.5. The Labute approximate surface area is 153 Å². The Bertz CT molecular complexity index is 806. The summed E-state index contributed by atoms with van der Waals surface area (Å²) in [6, 6.07) is 14.4. The topological polar surface area (TPSA) is 70.7 Å². The average Bonchev–Trinajstić information content (AvgIpc) is 2.72. The number of hydrogen-bond acceptors (Lipinski definition) is 4. The summed E-state index contributed by atoms with van der Waals surface area (Å²) in [5, 5.41) is 5.93. The third kappa shape index (κ3) is 3.55. The van der Waals surface area contributed by atoms with Gasteiger partial charge in [0, 0.05) is 43.4 Å². The molecule has 1 heterocycles. The number of methoxy groups -OCH3 is 1. The molecule has 0 saturated carbocycles. The van der Waals surface area contributed by atoms with Gasteiger partial charge >= 0.3 is 0 Å². The van der Waals surface area contributed by atoms with Gasteiger partial charge in [0.2, 0.25) is 0 Å². The van der Waals surface area contributed by atoms with Gasteiger partial charge in [0.15, 0.2) is 0 Å². The van der Waals surface area contributed by atoms with E-state index in [1.165, 1.54) is 0 Å². The van der Waals surface area contributed by atoms with Crippen molar-refractivity contribution < 1.29 is 14.3 Å². The zero-order valence-corrected chi connectivity index (χ0v) is 15.0. The number of hydrogen-bond donors (Lipinski definition) is 2. The molecule has 6 heteroatoms. The van der Waals surface area contributed by atoms with E-state index in [1.54, 1.807) is 38.4 Å². The number of nitrogens with one attached hydrogen (secondary N) is 2. The molecule has 0 bridgehead atoms. The number of benzene rings is 2. The first-order valence-electron chi connectivity index (χ1n) is 8.62. The summed E-state index contributed by atoms with van der Waals surface area (Å²) in [5.41, 5.74) is 1.95. The zero-order chi connectivity index (χ0) is 18.5. The second kappa shape index (κ2) is 8.01. The standard InChI is InChI=1S/C20H23N3O3/c1-21-19(24)14-6-5-7-15(12-14)20(25)23-11-10-22-13-17(23)16-8-3-4-9-18(16)26-2/h3-9,12,17,22H,10-11,13H2,1-2H3,(H,21,24). The largest absolute Gasteiger partial charge is 0.496 e. The van der Waals surface area contributed by atoms with Crippen molar-refractivity contribution >= 4 is 11.8 Å². The summed E-state index contributed by atoms with van der Waals surface area (Å²) in [7, 11) is 3.21. The molecular formula is C20H23N3O3. The summed E-state index contributed by atoms with van der Waals surface area (Å²) in [6.45, 7) is 1.97. The maximum absolute atomic E-state index is 13.2. The van der Waals surface area contributed by atoms with Crippen molar-refractivity contribution in [3.8, 4) is 5.75 Å². The Morgan fingerprint density at radius 3 is 2.69 bits per heavy atom. The van der Waals surface area contributed by atoms with Gasteiger partial charge in [-0.1, -0.05) is 24.3 Å².